The Labute approximate surface area is 265 Å². The fourth-order valence-electron chi connectivity index (χ4n) is 4.88. The minimum absolute atomic E-state index is 0.0384. The molecular weight excluding hydrogens is 594 g/mol. The fraction of sp³-hybridized carbons (Fsp3) is 0.257. The Bertz CT molecular complexity index is 1680. The molecule has 0 spiro atoms. The van der Waals surface area contributed by atoms with E-state index >= 15 is 0 Å². The van der Waals surface area contributed by atoms with Gasteiger partial charge in [0.15, 0.2) is 0 Å². The molecule has 9 heteroatoms. The Balaban J connectivity index is 1.81. The van der Waals surface area contributed by atoms with Crippen LogP contribution in [0.1, 0.15) is 35.6 Å². The van der Waals surface area contributed by atoms with Crippen LogP contribution in [-0.4, -0.2) is 44.3 Å². The van der Waals surface area contributed by atoms with Crippen molar-refractivity contribution in [3.05, 3.63) is 130 Å². The fourth-order valence-corrected chi connectivity index (χ4v) is 6.48. The molecule has 0 aliphatic rings. The summed E-state index contributed by atoms with van der Waals surface area (Å²) in [5.41, 5.74) is 3.72. The van der Waals surface area contributed by atoms with Crippen LogP contribution >= 0.6 is 11.6 Å². The molecule has 0 heterocycles. The van der Waals surface area contributed by atoms with Crippen LogP contribution in [-0.2, 0) is 32.6 Å². The van der Waals surface area contributed by atoms with Gasteiger partial charge in [0.1, 0.15) is 12.6 Å². The highest BCUT2D eigenvalue weighted by molar-refractivity contribution is 7.92. The summed E-state index contributed by atoms with van der Waals surface area (Å²) >= 11 is 6.44. The number of sulfonamides is 1. The molecule has 0 bridgehead atoms. The number of hydrogen-bond donors (Lipinski definition) is 1. The minimum atomic E-state index is -4.19. The molecule has 0 saturated carbocycles. The maximum Gasteiger partial charge on any atom is 0.264 e. The van der Waals surface area contributed by atoms with E-state index in [0.29, 0.717) is 11.6 Å². The van der Waals surface area contributed by atoms with Gasteiger partial charge in [0.25, 0.3) is 10.0 Å². The number of rotatable bonds is 13. The number of halogens is 1. The smallest absolute Gasteiger partial charge is 0.264 e. The highest BCUT2D eigenvalue weighted by atomic mass is 35.5. The molecule has 1 N–H and O–H groups in total. The van der Waals surface area contributed by atoms with Gasteiger partial charge in [-0.15, -0.1) is 0 Å². The first-order valence-electron chi connectivity index (χ1n) is 14.6. The van der Waals surface area contributed by atoms with E-state index in [1.165, 1.54) is 17.0 Å². The number of aryl methyl sites for hydroxylation is 2. The predicted octanol–water partition coefficient (Wildman–Crippen LogP) is 6.32. The van der Waals surface area contributed by atoms with Crippen molar-refractivity contribution in [2.75, 3.05) is 17.4 Å². The second-order valence-corrected chi connectivity index (χ2v) is 13.0. The van der Waals surface area contributed by atoms with Gasteiger partial charge in [0, 0.05) is 24.5 Å². The standard InChI is InChI=1S/C35H38ClN3O4S/c1-4-21-37-35(41)33(22-28-14-7-5-8-15-28)38(24-29-16-12-11-13-26(29)2)34(40)25-39(30-20-19-27(3)32(36)23-30)44(42,43)31-17-9-6-10-18-31/h5-20,23,33H,4,21-22,24-25H2,1-3H3,(H,37,41). The minimum Gasteiger partial charge on any atom is -0.354 e. The lowest BCUT2D eigenvalue weighted by atomic mass is 10.0. The zero-order valence-electron chi connectivity index (χ0n) is 25.2. The first-order chi connectivity index (χ1) is 21.1. The van der Waals surface area contributed by atoms with E-state index in [1.54, 1.807) is 36.4 Å². The topological polar surface area (TPSA) is 86.8 Å². The number of benzene rings is 4. The molecule has 0 radical (unpaired) electrons. The van der Waals surface area contributed by atoms with Crippen LogP contribution in [0.4, 0.5) is 5.69 Å². The lowest BCUT2D eigenvalue weighted by Crippen LogP contribution is -2.53. The van der Waals surface area contributed by atoms with Crippen molar-refractivity contribution in [3.8, 4) is 0 Å². The lowest BCUT2D eigenvalue weighted by Gasteiger charge is -2.34. The molecule has 4 aromatic rings. The summed E-state index contributed by atoms with van der Waals surface area (Å²) in [5.74, 6) is -0.814. The highest BCUT2D eigenvalue weighted by Crippen LogP contribution is 2.29. The Morgan fingerprint density at radius 1 is 0.841 bits per heavy atom. The van der Waals surface area contributed by atoms with Gasteiger partial charge in [-0.25, -0.2) is 8.42 Å². The number of carbonyl (C=O) groups excluding carboxylic acids is 2. The average Bonchev–Trinajstić information content (AvgIpc) is 3.03. The van der Waals surface area contributed by atoms with E-state index in [9.17, 15) is 18.0 Å². The van der Waals surface area contributed by atoms with Crippen LogP contribution in [0.25, 0.3) is 0 Å². The molecule has 0 aliphatic carbocycles. The number of amides is 2. The molecule has 7 nitrogen and oxygen atoms in total. The van der Waals surface area contributed by atoms with Gasteiger partial charge in [-0.2, -0.15) is 0 Å². The van der Waals surface area contributed by atoms with Crippen LogP contribution < -0.4 is 9.62 Å². The Morgan fingerprint density at radius 3 is 2.11 bits per heavy atom. The first kappa shape index (κ1) is 32.8. The summed E-state index contributed by atoms with van der Waals surface area (Å²) in [7, 11) is -4.19. The van der Waals surface area contributed by atoms with Crippen LogP contribution in [0.2, 0.25) is 5.02 Å². The SMILES string of the molecule is CCCNC(=O)C(Cc1ccccc1)N(Cc1ccccc1C)C(=O)CN(c1ccc(C)c(Cl)c1)S(=O)(=O)c1ccccc1. The number of anilines is 1. The third kappa shape index (κ3) is 8.07. The second kappa shape index (κ2) is 15.0. The molecule has 44 heavy (non-hydrogen) atoms. The van der Waals surface area contributed by atoms with Crippen molar-refractivity contribution in [2.24, 2.45) is 0 Å². The average molecular weight is 632 g/mol. The summed E-state index contributed by atoms with van der Waals surface area (Å²) in [4.78, 5) is 29.8. The lowest BCUT2D eigenvalue weighted by molar-refractivity contribution is -0.140. The van der Waals surface area contributed by atoms with Crippen molar-refractivity contribution in [2.45, 2.75) is 51.1 Å². The monoisotopic (exact) mass is 631 g/mol. The van der Waals surface area contributed by atoms with Crippen LogP contribution in [0, 0.1) is 13.8 Å². The van der Waals surface area contributed by atoms with Gasteiger partial charge in [-0.3, -0.25) is 13.9 Å². The van der Waals surface area contributed by atoms with Crippen LogP contribution in [0.3, 0.4) is 0 Å². The Morgan fingerprint density at radius 2 is 1.48 bits per heavy atom. The van der Waals surface area contributed by atoms with E-state index < -0.39 is 28.5 Å². The van der Waals surface area contributed by atoms with Gasteiger partial charge in [-0.1, -0.05) is 97.4 Å². The summed E-state index contributed by atoms with van der Waals surface area (Å²) in [6.45, 7) is 5.77. The third-order valence-corrected chi connectivity index (χ3v) is 9.67. The van der Waals surface area contributed by atoms with Crippen molar-refractivity contribution < 1.29 is 18.0 Å². The van der Waals surface area contributed by atoms with Gasteiger partial charge < -0.3 is 10.2 Å². The zero-order chi connectivity index (χ0) is 31.7. The van der Waals surface area contributed by atoms with E-state index in [0.717, 1.165) is 33.0 Å². The third-order valence-electron chi connectivity index (χ3n) is 7.48. The summed E-state index contributed by atoms with van der Waals surface area (Å²) in [6, 6.07) is 29.1. The molecule has 0 saturated heterocycles. The van der Waals surface area contributed by atoms with E-state index in [2.05, 4.69) is 5.32 Å². The van der Waals surface area contributed by atoms with Gasteiger partial charge in [0.05, 0.1) is 10.6 Å². The summed E-state index contributed by atoms with van der Waals surface area (Å²) < 4.78 is 29.2. The van der Waals surface area contributed by atoms with E-state index in [1.807, 2.05) is 75.4 Å². The molecular formula is C35H38ClN3O4S. The molecule has 4 rings (SSSR count). The number of carbonyl (C=O) groups is 2. The summed E-state index contributed by atoms with van der Waals surface area (Å²) in [5, 5.41) is 3.34. The van der Waals surface area contributed by atoms with Crippen molar-refractivity contribution in [1.82, 2.24) is 10.2 Å². The molecule has 2 amide bonds. The molecule has 0 aliphatic heterocycles. The molecule has 230 valence electrons. The largest absolute Gasteiger partial charge is 0.354 e. The molecule has 1 unspecified atom stereocenters. The second-order valence-electron chi connectivity index (χ2n) is 10.7. The predicted molar refractivity (Wildman–Crippen MR) is 176 cm³/mol. The zero-order valence-corrected chi connectivity index (χ0v) is 26.8. The molecule has 1 atom stereocenters. The molecule has 0 aromatic heterocycles. The molecule has 4 aromatic carbocycles. The maximum absolute atomic E-state index is 14.5. The van der Waals surface area contributed by atoms with E-state index in [-0.39, 0.29) is 29.5 Å². The quantitative estimate of drug-likeness (QED) is 0.187. The van der Waals surface area contributed by atoms with Crippen LogP contribution in [0.5, 0.6) is 0 Å². The van der Waals surface area contributed by atoms with Crippen LogP contribution in [0.15, 0.2) is 108 Å². The first-order valence-corrected chi connectivity index (χ1v) is 16.4. The van der Waals surface area contributed by atoms with Crippen molar-refractivity contribution in [1.29, 1.82) is 0 Å². The summed E-state index contributed by atoms with van der Waals surface area (Å²) in [6.07, 6.45) is 0.989. The Hall–Kier alpha value is -4.14. The number of hydrogen-bond acceptors (Lipinski definition) is 4. The molecule has 0 fully saturated rings. The van der Waals surface area contributed by atoms with Crippen molar-refractivity contribution >= 4 is 39.1 Å². The highest BCUT2D eigenvalue weighted by Gasteiger charge is 2.34. The maximum atomic E-state index is 14.5. The number of nitrogens with one attached hydrogen (secondary N) is 1. The van der Waals surface area contributed by atoms with Crippen molar-refractivity contribution in [3.63, 3.8) is 0 Å². The van der Waals surface area contributed by atoms with E-state index in [4.69, 9.17) is 11.6 Å². The van der Waals surface area contributed by atoms with Gasteiger partial charge in [0.2, 0.25) is 11.8 Å². The normalized spacial score (nSPS) is 11.9. The Kier molecular flexibility index (Phi) is 11.2. The number of nitrogens with zero attached hydrogens (tertiary/aromatic N) is 2. The van der Waals surface area contributed by atoms with Gasteiger partial charge >= 0.3 is 0 Å². The van der Waals surface area contributed by atoms with Gasteiger partial charge in [-0.05, 0) is 66.8 Å².